The molecule has 4 heteroatoms. The fourth-order valence-electron chi connectivity index (χ4n) is 2.71. The molecule has 0 amide bonds. The van der Waals surface area contributed by atoms with Crippen molar-refractivity contribution in [3.05, 3.63) is 34.1 Å². The van der Waals surface area contributed by atoms with E-state index in [4.69, 9.17) is 22.1 Å². The molecule has 0 radical (unpaired) electrons. The second kappa shape index (κ2) is 5.55. The molecule has 1 aromatic carbocycles. The number of hydrogen-bond donors (Lipinski definition) is 1. The SMILES string of the molecule is COCc1cc(Cl)c(F)c(C2(N)CCCCC2)c1. The van der Waals surface area contributed by atoms with Gasteiger partial charge >= 0.3 is 0 Å². The van der Waals surface area contributed by atoms with Crippen LogP contribution in [0.15, 0.2) is 12.1 Å². The van der Waals surface area contributed by atoms with Gasteiger partial charge in [0.1, 0.15) is 5.82 Å². The number of hydrogen-bond acceptors (Lipinski definition) is 2. The fraction of sp³-hybridized carbons (Fsp3) is 0.571. The number of ether oxygens (including phenoxy) is 1. The molecule has 1 aliphatic rings. The molecular weight excluding hydrogens is 253 g/mol. The van der Waals surface area contributed by atoms with Gasteiger partial charge in [-0.25, -0.2) is 4.39 Å². The highest BCUT2D eigenvalue weighted by Crippen LogP contribution is 2.38. The fourth-order valence-corrected chi connectivity index (χ4v) is 2.95. The maximum atomic E-state index is 14.2. The summed E-state index contributed by atoms with van der Waals surface area (Å²) in [5.41, 5.74) is 7.22. The summed E-state index contributed by atoms with van der Waals surface area (Å²) in [5, 5.41) is 0.134. The van der Waals surface area contributed by atoms with Crippen molar-refractivity contribution in [2.24, 2.45) is 5.73 Å². The topological polar surface area (TPSA) is 35.2 Å². The maximum Gasteiger partial charge on any atom is 0.146 e. The average molecular weight is 272 g/mol. The Morgan fingerprint density at radius 3 is 2.61 bits per heavy atom. The summed E-state index contributed by atoms with van der Waals surface area (Å²) < 4.78 is 19.3. The molecule has 100 valence electrons. The van der Waals surface area contributed by atoms with Crippen LogP contribution in [0.1, 0.15) is 43.2 Å². The normalized spacial score (nSPS) is 18.9. The lowest BCUT2D eigenvalue weighted by molar-refractivity contribution is 0.184. The van der Waals surface area contributed by atoms with E-state index in [-0.39, 0.29) is 10.8 Å². The molecule has 0 aromatic heterocycles. The van der Waals surface area contributed by atoms with Crippen LogP contribution in [0, 0.1) is 5.82 Å². The second-order valence-corrected chi connectivity index (χ2v) is 5.50. The van der Waals surface area contributed by atoms with Gasteiger partial charge in [0.15, 0.2) is 0 Å². The molecule has 1 fully saturated rings. The van der Waals surface area contributed by atoms with Crippen molar-refractivity contribution in [2.45, 2.75) is 44.2 Å². The van der Waals surface area contributed by atoms with Gasteiger partial charge in [0, 0.05) is 18.2 Å². The van der Waals surface area contributed by atoms with Crippen LogP contribution in [0.4, 0.5) is 4.39 Å². The van der Waals surface area contributed by atoms with Crippen LogP contribution < -0.4 is 5.73 Å². The molecule has 0 aliphatic heterocycles. The van der Waals surface area contributed by atoms with E-state index >= 15 is 0 Å². The van der Waals surface area contributed by atoms with Gasteiger partial charge in [-0.05, 0) is 30.5 Å². The standard InChI is InChI=1S/C14H19ClFNO/c1-18-9-10-7-11(13(16)12(15)8-10)14(17)5-3-2-4-6-14/h7-8H,2-6,9,17H2,1H3. The van der Waals surface area contributed by atoms with Gasteiger partial charge in [-0.3, -0.25) is 0 Å². The third-order valence-corrected chi connectivity index (χ3v) is 3.96. The molecule has 1 aliphatic carbocycles. The molecule has 1 aromatic rings. The molecule has 0 saturated heterocycles. The van der Waals surface area contributed by atoms with E-state index in [1.807, 2.05) is 0 Å². The summed E-state index contributed by atoms with van der Waals surface area (Å²) in [6.45, 7) is 0.420. The molecule has 2 N–H and O–H groups in total. The summed E-state index contributed by atoms with van der Waals surface area (Å²) >= 11 is 5.95. The van der Waals surface area contributed by atoms with Crippen molar-refractivity contribution >= 4 is 11.6 Å². The van der Waals surface area contributed by atoms with E-state index in [1.54, 1.807) is 19.2 Å². The van der Waals surface area contributed by atoms with Crippen LogP contribution in [0.2, 0.25) is 5.02 Å². The third kappa shape index (κ3) is 2.68. The zero-order valence-corrected chi connectivity index (χ0v) is 11.4. The molecule has 0 heterocycles. The molecule has 0 atom stereocenters. The highest BCUT2D eigenvalue weighted by atomic mass is 35.5. The summed E-state index contributed by atoms with van der Waals surface area (Å²) in [6, 6.07) is 3.41. The van der Waals surface area contributed by atoms with Crippen LogP contribution in [0.5, 0.6) is 0 Å². The van der Waals surface area contributed by atoms with Crippen molar-refractivity contribution in [3.63, 3.8) is 0 Å². The maximum absolute atomic E-state index is 14.2. The monoisotopic (exact) mass is 271 g/mol. The van der Waals surface area contributed by atoms with Gasteiger partial charge < -0.3 is 10.5 Å². The predicted molar refractivity (Wildman–Crippen MR) is 71.1 cm³/mol. The Kier molecular flexibility index (Phi) is 4.25. The Morgan fingerprint density at radius 1 is 1.33 bits per heavy atom. The van der Waals surface area contributed by atoms with Crippen molar-refractivity contribution < 1.29 is 9.13 Å². The lowest BCUT2D eigenvalue weighted by atomic mass is 9.77. The van der Waals surface area contributed by atoms with Crippen LogP contribution in [0.25, 0.3) is 0 Å². The Bertz CT molecular complexity index is 430. The number of benzene rings is 1. The Balaban J connectivity index is 2.41. The highest BCUT2D eigenvalue weighted by Gasteiger charge is 2.33. The molecule has 0 spiro atoms. The van der Waals surface area contributed by atoms with E-state index in [1.165, 1.54) is 6.42 Å². The number of halogens is 2. The van der Waals surface area contributed by atoms with Crippen LogP contribution >= 0.6 is 11.6 Å². The van der Waals surface area contributed by atoms with E-state index in [9.17, 15) is 4.39 Å². The molecular formula is C14H19ClFNO. The molecule has 1 saturated carbocycles. The quantitative estimate of drug-likeness (QED) is 0.909. The molecule has 0 bridgehead atoms. The van der Waals surface area contributed by atoms with E-state index in [0.717, 1.165) is 31.2 Å². The predicted octanol–water partition coefficient (Wildman–Crippen LogP) is 3.74. The van der Waals surface area contributed by atoms with Crippen molar-refractivity contribution in [3.8, 4) is 0 Å². The van der Waals surface area contributed by atoms with Crippen molar-refractivity contribution in [1.82, 2.24) is 0 Å². The van der Waals surface area contributed by atoms with Gasteiger partial charge in [-0.15, -0.1) is 0 Å². The van der Waals surface area contributed by atoms with Crippen LogP contribution in [-0.4, -0.2) is 7.11 Å². The lowest BCUT2D eigenvalue weighted by Crippen LogP contribution is -2.39. The van der Waals surface area contributed by atoms with Gasteiger partial charge in [0.2, 0.25) is 0 Å². The minimum atomic E-state index is -0.574. The zero-order chi connectivity index (χ0) is 13.2. The average Bonchev–Trinajstić information content (AvgIpc) is 2.34. The third-order valence-electron chi connectivity index (χ3n) is 3.68. The first kappa shape index (κ1) is 13.8. The summed E-state index contributed by atoms with van der Waals surface area (Å²) in [6.07, 6.45) is 4.89. The molecule has 18 heavy (non-hydrogen) atoms. The first-order valence-corrected chi connectivity index (χ1v) is 6.71. The molecule has 0 unspecified atom stereocenters. The van der Waals surface area contributed by atoms with Crippen molar-refractivity contribution in [2.75, 3.05) is 7.11 Å². The minimum Gasteiger partial charge on any atom is -0.380 e. The van der Waals surface area contributed by atoms with Crippen molar-refractivity contribution in [1.29, 1.82) is 0 Å². The number of methoxy groups -OCH3 is 1. The zero-order valence-electron chi connectivity index (χ0n) is 10.6. The Hall–Kier alpha value is -0.640. The van der Waals surface area contributed by atoms with Gasteiger partial charge in [-0.2, -0.15) is 0 Å². The molecule has 2 rings (SSSR count). The minimum absolute atomic E-state index is 0.134. The second-order valence-electron chi connectivity index (χ2n) is 5.09. The van der Waals surface area contributed by atoms with Crippen LogP contribution in [0.3, 0.4) is 0 Å². The highest BCUT2D eigenvalue weighted by molar-refractivity contribution is 6.30. The van der Waals surface area contributed by atoms with Gasteiger partial charge in [-0.1, -0.05) is 30.9 Å². The Labute approximate surface area is 112 Å². The summed E-state index contributed by atoms with van der Waals surface area (Å²) in [7, 11) is 1.61. The largest absolute Gasteiger partial charge is 0.380 e. The smallest absolute Gasteiger partial charge is 0.146 e. The number of nitrogens with two attached hydrogens (primary N) is 1. The van der Waals surface area contributed by atoms with Crippen LogP contribution in [-0.2, 0) is 16.9 Å². The van der Waals surface area contributed by atoms with E-state index < -0.39 is 5.54 Å². The van der Waals surface area contributed by atoms with Gasteiger partial charge in [0.25, 0.3) is 0 Å². The Morgan fingerprint density at radius 2 is 2.00 bits per heavy atom. The number of rotatable bonds is 3. The lowest BCUT2D eigenvalue weighted by Gasteiger charge is -2.34. The summed E-state index contributed by atoms with van der Waals surface area (Å²) in [5.74, 6) is -0.374. The van der Waals surface area contributed by atoms with E-state index in [0.29, 0.717) is 12.2 Å². The molecule has 2 nitrogen and oxygen atoms in total. The van der Waals surface area contributed by atoms with E-state index in [2.05, 4.69) is 0 Å². The van der Waals surface area contributed by atoms with Gasteiger partial charge in [0.05, 0.1) is 11.6 Å². The summed E-state index contributed by atoms with van der Waals surface area (Å²) in [4.78, 5) is 0. The first-order valence-electron chi connectivity index (χ1n) is 6.33. The first-order chi connectivity index (χ1) is 8.57.